The monoisotopic (exact) mass is 409 g/mol. The third-order valence-electron chi connectivity index (χ3n) is 5.09. The SMILES string of the molecule is Cc1nn(-c2ccccc2)c2ncc(NC(=O)c3cnn(-c4ccccn4)c3C)cc12. The van der Waals surface area contributed by atoms with Gasteiger partial charge in [-0.2, -0.15) is 10.2 Å². The number of para-hydroxylation sites is 1. The molecule has 5 aromatic rings. The standard InChI is InChI=1S/C23H19N7O/c1-15-19-12-17(13-25-22(19)30(28-15)18-8-4-3-5-9-18)27-23(31)20-14-26-29(16(20)2)21-10-6-7-11-24-21/h3-14H,1-2H3,(H,27,31). The van der Waals surface area contributed by atoms with Crippen LogP contribution in [0.1, 0.15) is 21.7 Å². The van der Waals surface area contributed by atoms with Crippen LogP contribution in [-0.4, -0.2) is 35.4 Å². The van der Waals surface area contributed by atoms with E-state index in [4.69, 9.17) is 0 Å². The Balaban J connectivity index is 1.44. The predicted molar refractivity (Wildman–Crippen MR) is 118 cm³/mol. The van der Waals surface area contributed by atoms with Gasteiger partial charge in [0.2, 0.25) is 0 Å². The minimum Gasteiger partial charge on any atom is -0.320 e. The number of nitrogens with zero attached hydrogens (tertiary/aromatic N) is 6. The van der Waals surface area contributed by atoms with E-state index in [-0.39, 0.29) is 5.91 Å². The summed E-state index contributed by atoms with van der Waals surface area (Å²) in [5.41, 5.74) is 4.28. The van der Waals surface area contributed by atoms with Gasteiger partial charge in [0.1, 0.15) is 0 Å². The number of benzene rings is 1. The Hall–Kier alpha value is -4.33. The maximum Gasteiger partial charge on any atom is 0.259 e. The average molecular weight is 409 g/mol. The Morgan fingerprint density at radius 2 is 1.74 bits per heavy atom. The van der Waals surface area contributed by atoms with Crippen LogP contribution in [-0.2, 0) is 0 Å². The number of amides is 1. The van der Waals surface area contributed by atoms with Gasteiger partial charge in [-0.25, -0.2) is 19.3 Å². The summed E-state index contributed by atoms with van der Waals surface area (Å²) in [6, 6.07) is 17.3. The van der Waals surface area contributed by atoms with Crippen molar-refractivity contribution in [3.05, 3.63) is 90.1 Å². The molecule has 0 saturated heterocycles. The van der Waals surface area contributed by atoms with Gasteiger partial charge in [-0.1, -0.05) is 24.3 Å². The lowest BCUT2D eigenvalue weighted by Gasteiger charge is -2.07. The molecule has 0 unspecified atom stereocenters. The minimum atomic E-state index is -0.256. The highest BCUT2D eigenvalue weighted by Gasteiger charge is 2.17. The first-order chi connectivity index (χ1) is 15.1. The molecule has 1 amide bonds. The molecule has 0 aliphatic carbocycles. The number of nitrogens with one attached hydrogen (secondary N) is 1. The molecule has 4 aromatic heterocycles. The zero-order valence-electron chi connectivity index (χ0n) is 17.0. The number of aryl methyl sites for hydroxylation is 1. The summed E-state index contributed by atoms with van der Waals surface area (Å²) >= 11 is 0. The molecule has 0 aliphatic rings. The van der Waals surface area contributed by atoms with E-state index in [2.05, 4.69) is 25.5 Å². The quantitative estimate of drug-likeness (QED) is 0.487. The van der Waals surface area contributed by atoms with E-state index in [0.29, 0.717) is 22.8 Å². The van der Waals surface area contributed by atoms with E-state index in [1.54, 1.807) is 28.0 Å². The van der Waals surface area contributed by atoms with E-state index in [9.17, 15) is 4.79 Å². The molecule has 0 bridgehead atoms. The average Bonchev–Trinajstić information content (AvgIpc) is 3.35. The second kappa shape index (κ2) is 7.49. The number of hydrogen-bond donors (Lipinski definition) is 1. The molecule has 31 heavy (non-hydrogen) atoms. The lowest BCUT2D eigenvalue weighted by atomic mass is 10.2. The molecule has 0 aliphatic heterocycles. The summed E-state index contributed by atoms with van der Waals surface area (Å²) in [5, 5.41) is 12.7. The molecule has 5 rings (SSSR count). The van der Waals surface area contributed by atoms with Gasteiger partial charge in [-0.3, -0.25) is 4.79 Å². The van der Waals surface area contributed by atoms with Crippen LogP contribution in [0.15, 0.2) is 73.2 Å². The van der Waals surface area contributed by atoms with E-state index in [1.807, 2.05) is 68.4 Å². The zero-order valence-corrected chi connectivity index (χ0v) is 17.0. The Morgan fingerprint density at radius 1 is 0.935 bits per heavy atom. The van der Waals surface area contributed by atoms with E-state index in [1.165, 1.54) is 0 Å². The van der Waals surface area contributed by atoms with Gasteiger partial charge in [0, 0.05) is 11.6 Å². The number of fused-ring (bicyclic) bond motifs is 1. The summed E-state index contributed by atoms with van der Waals surface area (Å²) in [5.74, 6) is 0.403. The lowest BCUT2D eigenvalue weighted by Crippen LogP contribution is -2.13. The van der Waals surface area contributed by atoms with Crippen molar-refractivity contribution in [2.24, 2.45) is 0 Å². The van der Waals surface area contributed by atoms with Crippen molar-refractivity contribution in [3.63, 3.8) is 0 Å². The Bertz CT molecular complexity index is 1390. The first-order valence-electron chi connectivity index (χ1n) is 9.80. The van der Waals surface area contributed by atoms with Crippen LogP contribution in [0.5, 0.6) is 0 Å². The van der Waals surface area contributed by atoms with Crippen molar-refractivity contribution in [2.45, 2.75) is 13.8 Å². The molecular weight excluding hydrogens is 390 g/mol. The molecule has 8 nitrogen and oxygen atoms in total. The first-order valence-corrected chi connectivity index (χ1v) is 9.80. The Morgan fingerprint density at radius 3 is 2.52 bits per heavy atom. The number of pyridine rings is 2. The maximum absolute atomic E-state index is 12.9. The van der Waals surface area contributed by atoms with Crippen LogP contribution in [0.25, 0.3) is 22.5 Å². The lowest BCUT2D eigenvalue weighted by molar-refractivity contribution is 0.102. The van der Waals surface area contributed by atoms with Crippen molar-refractivity contribution < 1.29 is 4.79 Å². The van der Waals surface area contributed by atoms with E-state index < -0.39 is 0 Å². The summed E-state index contributed by atoms with van der Waals surface area (Å²) in [7, 11) is 0. The fourth-order valence-corrected chi connectivity index (χ4v) is 3.50. The first kappa shape index (κ1) is 18.7. The Kier molecular flexibility index (Phi) is 4.51. The number of aromatic nitrogens is 6. The van der Waals surface area contributed by atoms with Crippen molar-refractivity contribution in [1.82, 2.24) is 29.5 Å². The molecular formula is C23H19N7O. The van der Waals surface area contributed by atoms with Crippen LogP contribution in [0.3, 0.4) is 0 Å². The van der Waals surface area contributed by atoms with Crippen LogP contribution in [0.4, 0.5) is 5.69 Å². The minimum absolute atomic E-state index is 0.256. The second-order valence-corrected chi connectivity index (χ2v) is 7.13. The highest BCUT2D eigenvalue weighted by atomic mass is 16.1. The number of hydrogen-bond acceptors (Lipinski definition) is 5. The molecule has 0 spiro atoms. The maximum atomic E-state index is 12.9. The fraction of sp³-hybridized carbons (Fsp3) is 0.0870. The normalized spacial score (nSPS) is 11.0. The molecule has 4 heterocycles. The largest absolute Gasteiger partial charge is 0.320 e. The van der Waals surface area contributed by atoms with Crippen molar-refractivity contribution in [3.8, 4) is 11.5 Å². The highest BCUT2D eigenvalue weighted by Crippen LogP contribution is 2.23. The summed E-state index contributed by atoms with van der Waals surface area (Å²) in [6.07, 6.45) is 4.87. The van der Waals surface area contributed by atoms with Crippen LogP contribution in [0, 0.1) is 13.8 Å². The van der Waals surface area contributed by atoms with Gasteiger partial charge in [-0.15, -0.1) is 0 Å². The van der Waals surface area contributed by atoms with Crippen LogP contribution >= 0.6 is 0 Å². The molecule has 152 valence electrons. The molecule has 1 N–H and O–H groups in total. The number of rotatable bonds is 4. The Labute approximate surface area is 178 Å². The van der Waals surface area contributed by atoms with Crippen molar-refractivity contribution in [2.75, 3.05) is 5.32 Å². The van der Waals surface area contributed by atoms with Crippen LogP contribution in [0.2, 0.25) is 0 Å². The van der Waals surface area contributed by atoms with Crippen molar-refractivity contribution >= 4 is 22.6 Å². The summed E-state index contributed by atoms with van der Waals surface area (Å²) < 4.78 is 3.45. The van der Waals surface area contributed by atoms with Gasteiger partial charge in [0.25, 0.3) is 5.91 Å². The summed E-state index contributed by atoms with van der Waals surface area (Å²) in [6.45, 7) is 3.77. The fourth-order valence-electron chi connectivity index (χ4n) is 3.50. The summed E-state index contributed by atoms with van der Waals surface area (Å²) in [4.78, 5) is 21.7. The number of anilines is 1. The molecule has 0 saturated carbocycles. The van der Waals surface area contributed by atoms with Gasteiger partial charge in [-0.05, 0) is 44.2 Å². The molecule has 0 radical (unpaired) electrons. The predicted octanol–water partition coefficient (Wildman–Crippen LogP) is 3.87. The molecule has 0 fully saturated rings. The number of carbonyl (C=O) groups is 1. The second-order valence-electron chi connectivity index (χ2n) is 7.13. The van der Waals surface area contributed by atoms with E-state index >= 15 is 0 Å². The van der Waals surface area contributed by atoms with Gasteiger partial charge < -0.3 is 5.32 Å². The zero-order chi connectivity index (χ0) is 21.4. The molecule has 0 atom stereocenters. The van der Waals surface area contributed by atoms with Gasteiger partial charge >= 0.3 is 0 Å². The third-order valence-corrected chi connectivity index (χ3v) is 5.09. The number of carbonyl (C=O) groups excluding carboxylic acids is 1. The topological polar surface area (TPSA) is 90.5 Å². The van der Waals surface area contributed by atoms with E-state index in [0.717, 1.165) is 22.4 Å². The van der Waals surface area contributed by atoms with Gasteiger partial charge in [0.15, 0.2) is 11.5 Å². The van der Waals surface area contributed by atoms with Gasteiger partial charge in [0.05, 0.1) is 40.7 Å². The van der Waals surface area contributed by atoms with Crippen molar-refractivity contribution in [1.29, 1.82) is 0 Å². The molecule has 8 heteroatoms. The van der Waals surface area contributed by atoms with Crippen LogP contribution < -0.4 is 5.32 Å². The third kappa shape index (κ3) is 3.33. The smallest absolute Gasteiger partial charge is 0.259 e. The highest BCUT2D eigenvalue weighted by molar-refractivity contribution is 6.05. The molecule has 1 aromatic carbocycles.